The Bertz CT molecular complexity index is 920. The highest BCUT2D eigenvalue weighted by Crippen LogP contribution is 2.16. The van der Waals surface area contributed by atoms with Crippen LogP contribution in [-0.2, 0) is 24.3 Å². The zero-order valence-electron chi connectivity index (χ0n) is 16.8. The number of fused-ring (bicyclic) bond motifs is 1. The lowest BCUT2D eigenvalue weighted by atomic mass is 10.1. The molecule has 5 nitrogen and oxygen atoms in total. The highest BCUT2D eigenvalue weighted by molar-refractivity contribution is 5.80. The molecule has 2 heterocycles. The second kappa shape index (κ2) is 8.42. The first-order chi connectivity index (χ1) is 13.0. The molecule has 2 aromatic heterocycles. The van der Waals surface area contributed by atoms with E-state index in [4.69, 9.17) is 0 Å². The number of nitrogens with zero attached hydrogens (tertiary/aromatic N) is 3. The summed E-state index contributed by atoms with van der Waals surface area (Å²) in [5, 5.41) is 8.91. The van der Waals surface area contributed by atoms with Gasteiger partial charge in [-0.15, -0.1) is 0 Å². The van der Waals surface area contributed by atoms with Crippen LogP contribution in [0.4, 0.5) is 0 Å². The predicted molar refractivity (Wildman–Crippen MR) is 110 cm³/mol. The highest BCUT2D eigenvalue weighted by Gasteiger charge is 2.15. The Labute approximate surface area is 161 Å². The van der Waals surface area contributed by atoms with Crippen molar-refractivity contribution in [3.8, 4) is 0 Å². The van der Waals surface area contributed by atoms with Gasteiger partial charge < -0.3 is 9.88 Å². The van der Waals surface area contributed by atoms with Gasteiger partial charge in [0.05, 0.1) is 12.1 Å². The SMILES string of the molecule is Cc1nn(CC(C)C)c(C)c1CC(=O)NCCCn1ccc2ccccc21. The first-order valence-electron chi connectivity index (χ1n) is 9.79. The highest BCUT2D eigenvalue weighted by atomic mass is 16.1. The van der Waals surface area contributed by atoms with E-state index >= 15 is 0 Å². The second-order valence-corrected chi connectivity index (χ2v) is 7.67. The van der Waals surface area contributed by atoms with Crippen LogP contribution in [0.25, 0.3) is 10.9 Å². The van der Waals surface area contributed by atoms with Crippen molar-refractivity contribution in [2.24, 2.45) is 5.92 Å². The van der Waals surface area contributed by atoms with Crippen molar-refractivity contribution in [1.82, 2.24) is 19.7 Å². The van der Waals surface area contributed by atoms with Crippen LogP contribution in [0.3, 0.4) is 0 Å². The van der Waals surface area contributed by atoms with Crippen LogP contribution in [0.15, 0.2) is 36.5 Å². The molecule has 1 N–H and O–H groups in total. The molecule has 0 unspecified atom stereocenters. The van der Waals surface area contributed by atoms with Gasteiger partial charge in [-0.2, -0.15) is 5.10 Å². The van der Waals surface area contributed by atoms with Crippen molar-refractivity contribution in [3.63, 3.8) is 0 Å². The lowest BCUT2D eigenvalue weighted by Gasteiger charge is -2.09. The minimum absolute atomic E-state index is 0.0719. The fourth-order valence-corrected chi connectivity index (χ4v) is 3.55. The van der Waals surface area contributed by atoms with Gasteiger partial charge in [0.25, 0.3) is 0 Å². The molecule has 1 aromatic carbocycles. The fraction of sp³-hybridized carbons (Fsp3) is 0.455. The van der Waals surface area contributed by atoms with Crippen molar-refractivity contribution in [1.29, 1.82) is 0 Å². The molecule has 0 bridgehead atoms. The number of benzene rings is 1. The largest absolute Gasteiger partial charge is 0.356 e. The number of para-hydroxylation sites is 1. The maximum Gasteiger partial charge on any atom is 0.224 e. The molecule has 0 spiro atoms. The van der Waals surface area contributed by atoms with E-state index < -0.39 is 0 Å². The van der Waals surface area contributed by atoms with Crippen molar-refractivity contribution in [2.75, 3.05) is 6.54 Å². The van der Waals surface area contributed by atoms with Gasteiger partial charge >= 0.3 is 0 Å². The van der Waals surface area contributed by atoms with E-state index in [2.05, 4.69) is 72.3 Å². The number of aryl methyl sites for hydroxylation is 2. The summed E-state index contributed by atoms with van der Waals surface area (Å²) in [7, 11) is 0. The number of nitrogens with one attached hydrogen (secondary N) is 1. The summed E-state index contributed by atoms with van der Waals surface area (Å²) in [6.07, 6.45) is 3.43. The van der Waals surface area contributed by atoms with E-state index in [0.29, 0.717) is 18.9 Å². The quantitative estimate of drug-likeness (QED) is 0.616. The molecule has 0 saturated heterocycles. The summed E-state index contributed by atoms with van der Waals surface area (Å²) in [6, 6.07) is 10.5. The van der Waals surface area contributed by atoms with Gasteiger partial charge in [-0.3, -0.25) is 9.48 Å². The summed E-state index contributed by atoms with van der Waals surface area (Å²) in [6.45, 7) is 10.9. The molecule has 3 rings (SSSR count). The summed E-state index contributed by atoms with van der Waals surface area (Å²) in [5.74, 6) is 0.608. The van der Waals surface area contributed by atoms with Crippen LogP contribution in [-0.4, -0.2) is 26.8 Å². The summed E-state index contributed by atoms with van der Waals surface area (Å²) >= 11 is 0. The smallest absolute Gasteiger partial charge is 0.224 e. The van der Waals surface area contributed by atoms with Gasteiger partial charge in [0.2, 0.25) is 5.91 Å². The van der Waals surface area contributed by atoms with Crippen LogP contribution in [0.5, 0.6) is 0 Å². The number of hydrogen-bond donors (Lipinski definition) is 1. The number of amides is 1. The van der Waals surface area contributed by atoms with Crippen LogP contribution in [0.2, 0.25) is 0 Å². The van der Waals surface area contributed by atoms with Crippen LogP contribution < -0.4 is 5.32 Å². The molecule has 0 aliphatic heterocycles. The number of hydrogen-bond acceptors (Lipinski definition) is 2. The van der Waals surface area contributed by atoms with E-state index in [0.717, 1.165) is 36.5 Å². The third kappa shape index (κ3) is 4.59. The lowest BCUT2D eigenvalue weighted by Crippen LogP contribution is -2.27. The first kappa shape index (κ1) is 19.2. The van der Waals surface area contributed by atoms with Gasteiger partial charge in [0.1, 0.15) is 0 Å². The van der Waals surface area contributed by atoms with Gasteiger partial charge in [-0.05, 0) is 43.7 Å². The molecule has 0 aliphatic carbocycles. The Morgan fingerprint density at radius 2 is 1.96 bits per heavy atom. The molecule has 0 fully saturated rings. The summed E-state index contributed by atoms with van der Waals surface area (Å²) in [5.41, 5.74) is 4.37. The monoisotopic (exact) mass is 366 g/mol. The molecule has 0 aliphatic rings. The normalized spacial score (nSPS) is 11.4. The number of carbonyl (C=O) groups excluding carboxylic acids is 1. The molecule has 27 heavy (non-hydrogen) atoms. The van der Waals surface area contributed by atoms with E-state index in [-0.39, 0.29) is 5.91 Å². The first-order valence-corrected chi connectivity index (χ1v) is 9.79. The van der Waals surface area contributed by atoms with E-state index in [1.54, 1.807) is 0 Å². The molecular weight excluding hydrogens is 336 g/mol. The Morgan fingerprint density at radius 3 is 2.74 bits per heavy atom. The van der Waals surface area contributed by atoms with Gasteiger partial charge in [-0.1, -0.05) is 32.0 Å². The predicted octanol–water partition coefficient (Wildman–Crippen LogP) is 3.86. The average molecular weight is 367 g/mol. The minimum atomic E-state index is 0.0719. The standard InChI is InChI=1S/C22H30N4O/c1-16(2)15-26-18(4)20(17(3)24-26)14-22(27)23-11-7-12-25-13-10-19-8-5-6-9-21(19)25/h5-6,8-10,13,16H,7,11-12,14-15H2,1-4H3,(H,23,27). The molecule has 0 saturated carbocycles. The fourth-order valence-electron chi connectivity index (χ4n) is 3.55. The zero-order chi connectivity index (χ0) is 19.4. The van der Waals surface area contributed by atoms with Gasteiger partial charge in [0, 0.05) is 42.6 Å². The van der Waals surface area contributed by atoms with E-state index in [9.17, 15) is 4.79 Å². The Morgan fingerprint density at radius 1 is 1.19 bits per heavy atom. The topological polar surface area (TPSA) is 51.9 Å². The van der Waals surface area contributed by atoms with Crippen molar-refractivity contribution in [2.45, 2.75) is 53.6 Å². The van der Waals surface area contributed by atoms with E-state index in [1.165, 1.54) is 10.9 Å². The van der Waals surface area contributed by atoms with Crippen LogP contribution in [0, 0.1) is 19.8 Å². The van der Waals surface area contributed by atoms with Gasteiger partial charge in [-0.25, -0.2) is 0 Å². The van der Waals surface area contributed by atoms with Crippen LogP contribution >= 0.6 is 0 Å². The minimum Gasteiger partial charge on any atom is -0.356 e. The third-order valence-corrected chi connectivity index (χ3v) is 4.98. The average Bonchev–Trinajstić information content (AvgIpc) is 3.15. The van der Waals surface area contributed by atoms with Gasteiger partial charge in [0.15, 0.2) is 0 Å². The molecular formula is C22H30N4O. The van der Waals surface area contributed by atoms with Crippen molar-refractivity contribution in [3.05, 3.63) is 53.5 Å². The van der Waals surface area contributed by atoms with E-state index in [1.807, 2.05) is 11.6 Å². The molecule has 3 aromatic rings. The molecule has 0 atom stereocenters. The second-order valence-electron chi connectivity index (χ2n) is 7.67. The summed E-state index contributed by atoms with van der Waals surface area (Å²) in [4.78, 5) is 12.4. The molecule has 0 radical (unpaired) electrons. The molecule has 144 valence electrons. The summed E-state index contributed by atoms with van der Waals surface area (Å²) < 4.78 is 4.27. The number of carbonyl (C=O) groups is 1. The number of rotatable bonds is 8. The Hall–Kier alpha value is -2.56. The maximum absolute atomic E-state index is 12.4. The lowest BCUT2D eigenvalue weighted by molar-refractivity contribution is -0.120. The molecule has 1 amide bonds. The molecule has 5 heteroatoms. The Kier molecular flexibility index (Phi) is 5.99. The maximum atomic E-state index is 12.4. The van der Waals surface area contributed by atoms with Crippen LogP contribution in [0.1, 0.15) is 37.2 Å². The zero-order valence-corrected chi connectivity index (χ0v) is 16.8. The number of aromatic nitrogens is 3. The Balaban J connectivity index is 1.49. The third-order valence-electron chi connectivity index (χ3n) is 4.98. The van der Waals surface area contributed by atoms with Crippen molar-refractivity contribution < 1.29 is 4.79 Å². The van der Waals surface area contributed by atoms with Crippen molar-refractivity contribution >= 4 is 16.8 Å².